The smallest absolute Gasteiger partial charge is 0.171 e. The monoisotopic (exact) mass is 293 g/mol. The Morgan fingerprint density at radius 3 is 2.65 bits per heavy atom. The van der Waals surface area contributed by atoms with Crippen LogP contribution in [0.5, 0.6) is 5.75 Å². The van der Waals surface area contributed by atoms with E-state index in [0.717, 1.165) is 5.69 Å². The Kier molecular flexibility index (Phi) is 4.49. The second-order valence-electron chi connectivity index (χ2n) is 4.75. The van der Waals surface area contributed by atoms with E-state index >= 15 is 0 Å². The minimum atomic E-state index is -0.403. The van der Waals surface area contributed by atoms with E-state index in [0.29, 0.717) is 9.88 Å². The van der Waals surface area contributed by atoms with Crippen molar-refractivity contribution in [3.05, 3.63) is 45.7 Å². The maximum Gasteiger partial charge on any atom is 0.171 e. The highest BCUT2D eigenvalue weighted by Gasteiger charge is 2.17. The standard InChI is InChI=1S/C15H16FNO2S/c1-9(2)14-15(10(3)18)20-13(17-14)8-19-12-7-5-4-6-11(12)16/h4-7,9H,8H2,1-3H3. The third-order valence-corrected chi connectivity index (χ3v) is 3.90. The summed E-state index contributed by atoms with van der Waals surface area (Å²) in [5.41, 5.74) is 0.787. The summed E-state index contributed by atoms with van der Waals surface area (Å²) < 4.78 is 18.8. The summed E-state index contributed by atoms with van der Waals surface area (Å²) in [4.78, 5) is 16.7. The van der Waals surface area contributed by atoms with E-state index in [1.807, 2.05) is 13.8 Å². The van der Waals surface area contributed by atoms with Gasteiger partial charge in [0.05, 0.1) is 10.6 Å². The summed E-state index contributed by atoms with van der Waals surface area (Å²) in [6.07, 6.45) is 0. The molecule has 0 N–H and O–H groups in total. The molecule has 20 heavy (non-hydrogen) atoms. The molecule has 106 valence electrons. The van der Waals surface area contributed by atoms with Gasteiger partial charge < -0.3 is 4.74 Å². The summed E-state index contributed by atoms with van der Waals surface area (Å²) in [7, 11) is 0. The van der Waals surface area contributed by atoms with Crippen molar-refractivity contribution in [2.24, 2.45) is 0 Å². The van der Waals surface area contributed by atoms with Gasteiger partial charge in [0.2, 0.25) is 0 Å². The predicted octanol–water partition coefficient (Wildman–Crippen LogP) is 4.19. The molecule has 1 aromatic carbocycles. The first-order chi connectivity index (χ1) is 9.49. The number of ether oxygens (including phenoxy) is 1. The molecule has 0 radical (unpaired) electrons. The number of rotatable bonds is 5. The fourth-order valence-electron chi connectivity index (χ4n) is 1.78. The molecule has 5 heteroatoms. The number of Topliss-reactive ketones (excluding diaryl/α,β-unsaturated/α-hetero) is 1. The van der Waals surface area contributed by atoms with E-state index in [2.05, 4.69) is 4.98 Å². The van der Waals surface area contributed by atoms with Gasteiger partial charge in [-0.05, 0) is 18.1 Å². The third-order valence-electron chi connectivity index (χ3n) is 2.75. The molecule has 1 heterocycles. The van der Waals surface area contributed by atoms with Crippen LogP contribution in [0.2, 0.25) is 0 Å². The number of halogens is 1. The number of aromatic nitrogens is 1. The molecule has 0 spiro atoms. The minimum Gasteiger partial charge on any atom is -0.483 e. The van der Waals surface area contributed by atoms with Crippen LogP contribution in [0.4, 0.5) is 4.39 Å². The highest BCUT2D eigenvalue weighted by Crippen LogP contribution is 2.27. The Bertz CT molecular complexity index is 622. The van der Waals surface area contributed by atoms with Crippen LogP contribution in [0.25, 0.3) is 0 Å². The summed E-state index contributed by atoms with van der Waals surface area (Å²) >= 11 is 1.31. The quantitative estimate of drug-likeness (QED) is 0.776. The van der Waals surface area contributed by atoms with E-state index in [9.17, 15) is 9.18 Å². The predicted molar refractivity (Wildman–Crippen MR) is 76.9 cm³/mol. The molecule has 2 aromatic rings. The van der Waals surface area contributed by atoms with Crippen LogP contribution < -0.4 is 4.74 Å². The number of thiazole rings is 1. The van der Waals surface area contributed by atoms with Gasteiger partial charge in [0.25, 0.3) is 0 Å². The molecule has 2 rings (SSSR count). The number of hydrogen-bond acceptors (Lipinski definition) is 4. The average molecular weight is 293 g/mol. The summed E-state index contributed by atoms with van der Waals surface area (Å²) in [5, 5.41) is 0.683. The van der Waals surface area contributed by atoms with Gasteiger partial charge in [-0.3, -0.25) is 4.79 Å². The number of para-hydroxylation sites is 1. The number of carbonyl (C=O) groups is 1. The van der Waals surface area contributed by atoms with Gasteiger partial charge in [-0.1, -0.05) is 26.0 Å². The van der Waals surface area contributed by atoms with Crippen molar-refractivity contribution in [2.75, 3.05) is 0 Å². The average Bonchev–Trinajstić information content (AvgIpc) is 2.82. The lowest BCUT2D eigenvalue weighted by molar-refractivity contribution is 0.102. The van der Waals surface area contributed by atoms with E-state index in [-0.39, 0.29) is 24.1 Å². The zero-order valence-electron chi connectivity index (χ0n) is 11.6. The zero-order valence-corrected chi connectivity index (χ0v) is 12.5. The van der Waals surface area contributed by atoms with Crippen molar-refractivity contribution in [3.8, 4) is 5.75 Å². The fraction of sp³-hybridized carbons (Fsp3) is 0.333. The zero-order chi connectivity index (χ0) is 14.7. The fourth-order valence-corrected chi connectivity index (χ4v) is 2.81. The van der Waals surface area contributed by atoms with Crippen LogP contribution in [0.1, 0.15) is 47.1 Å². The van der Waals surface area contributed by atoms with E-state index in [1.165, 1.54) is 24.3 Å². The van der Waals surface area contributed by atoms with Crippen LogP contribution >= 0.6 is 11.3 Å². The molecular formula is C15H16FNO2S. The number of carbonyl (C=O) groups excluding carboxylic acids is 1. The number of hydrogen-bond donors (Lipinski definition) is 0. The lowest BCUT2D eigenvalue weighted by atomic mass is 10.1. The van der Waals surface area contributed by atoms with Crippen molar-refractivity contribution in [2.45, 2.75) is 33.3 Å². The molecule has 0 amide bonds. The molecule has 0 aliphatic carbocycles. The van der Waals surface area contributed by atoms with Crippen LogP contribution in [0, 0.1) is 5.82 Å². The molecular weight excluding hydrogens is 277 g/mol. The van der Waals surface area contributed by atoms with Crippen molar-refractivity contribution < 1.29 is 13.9 Å². The Balaban J connectivity index is 2.16. The maximum absolute atomic E-state index is 13.4. The number of ketones is 1. The number of nitrogens with zero attached hydrogens (tertiary/aromatic N) is 1. The SMILES string of the molecule is CC(=O)c1sc(COc2ccccc2F)nc1C(C)C. The van der Waals surface area contributed by atoms with Crippen molar-refractivity contribution in [1.29, 1.82) is 0 Å². The van der Waals surface area contributed by atoms with Gasteiger partial charge >= 0.3 is 0 Å². The van der Waals surface area contributed by atoms with Crippen LogP contribution in [-0.4, -0.2) is 10.8 Å². The first-order valence-electron chi connectivity index (χ1n) is 6.37. The first kappa shape index (κ1) is 14.7. The lowest BCUT2D eigenvalue weighted by Crippen LogP contribution is -1.99. The highest BCUT2D eigenvalue weighted by atomic mass is 32.1. The van der Waals surface area contributed by atoms with Gasteiger partial charge in [0.1, 0.15) is 11.6 Å². The van der Waals surface area contributed by atoms with Crippen molar-refractivity contribution in [1.82, 2.24) is 4.98 Å². The normalized spacial score (nSPS) is 10.8. The Labute approximate surface area is 121 Å². The number of benzene rings is 1. The van der Waals surface area contributed by atoms with Crippen LogP contribution in [0.3, 0.4) is 0 Å². The molecule has 1 aromatic heterocycles. The van der Waals surface area contributed by atoms with Gasteiger partial charge in [-0.2, -0.15) is 0 Å². The molecule has 0 aliphatic rings. The first-order valence-corrected chi connectivity index (χ1v) is 7.18. The van der Waals surface area contributed by atoms with E-state index in [1.54, 1.807) is 18.2 Å². The molecule has 3 nitrogen and oxygen atoms in total. The van der Waals surface area contributed by atoms with Gasteiger partial charge in [0.15, 0.2) is 17.3 Å². The summed E-state index contributed by atoms with van der Waals surface area (Å²) in [6, 6.07) is 6.23. The molecule has 0 unspecified atom stereocenters. The molecule has 0 saturated carbocycles. The Hall–Kier alpha value is -1.75. The second kappa shape index (κ2) is 6.13. The largest absolute Gasteiger partial charge is 0.483 e. The molecule has 0 aliphatic heterocycles. The highest BCUT2D eigenvalue weighted by molar-refractivity contribution is 7.13. The Morgan fingerprint density at radius 1 is 1.40 bits per heavy atom. The van der Waals surface area contributed by atoms with Gasteiger partial charge in [-0.25, -0.2) is 9.37 Å². The van der Waals surface area contributed by atoms with E-state index in [4.69, 9.17) is 4.74 Å². The lowest BCUT2D eigenvalue weighted by Gasteiger charge is -2.04. The van der Waals surface area contributed by atoms with E-state index < -0.39 is 5.82 Å². The van der Waals surface area contributed by atoms with Crippen LogP contribution in [0.15, 0.2) is 24.3 Å². The van der Waals surface area contributed by atoms with Gasteiger partial charge in [-0.15, -0.1) is 11.3 Å². The summed E-state index contributed by atoms with van der Waals surface area (Å²) in [5.74, 6) is -0.0335. The molecule has 0 atom stereocenters. The Morgan fingerprint density at radius 2 is 2.10 bits per heavy atom. The van der Waals surface area contributed by atoms with Crippen LogP contribution in [-0.2, 0) is 6.61 Å². The van der Waals surface area contributed by atoms with Gasteiger partial charge in [0, 0.05) is 6.92 Å². The molecule has 0 bridgehead atoms. The van der Waals surface area contributed by atoms with Crippen molar-refractivity contribution in [3.63, 3.8) is 0 Å². The molecule has 0 saturated heterocycles. The summed E-state index contributed by atoms with van der Waals surface area (Å²) in [6.45, 7) is 5.67. The topological polar surface area (TPSA) is 39.2 Å². The minimum absolute atomic E-state index is 0.00309. The maximum atomic E-state index is 13.4. The second-order valence-corrected chi connectivity index (χ2v) is 5.84. The molecule has 0 fully saturated rings. The third kappa shape index (κ3) is 3.22. The van der Waals surface area contributed by atoms with Crippen molar-refractivity contribution >= 4 is 17.1 Å².